The van der Waals surface area contributed by atoms with E-state index in [4.69, 9.17) is 0 Å². The number of hydrogen-bond acceptors (Lipinski definition) is 6. The van der Waals surface area contributed by atoms with Crippen molar-refractivity contribution in [3.8, 4) is 0 Å². The Balaban J connectivity index is 1.72. The molecule has 0 fully saturated rings. The van der Waals surface area contributed by atoms with Gasteiger partial charge in [0, 0.05) is 12.1 Å². The Hall–Kier alpha value is -3.68. The van der Waals surface area contributed by atoms with Gasteiger partial charge in [-0.3, -0.25) is 4.79 Å². The zero-order valence-corrected chi connectivity index (χ0v) is 13.1. The van der Waals surface area contributed by atoms with E-state index >= 15 is 0 Å². The molecule has 0 bridgehead atoms. The molecule has 3 aromatic rings. The van der Waals surface area contributed by atoms with E-state index in [-0.39, 0.29) is 23.3 Å². The van der Waals surface area contributed by atoms with Crippen LogP contribution in [0, 0.1) is 0 Å². The summed E-state index contributed by atoms with van der Waals surface area (Å²) in [5, 5.41) is 25.3. The molecule has 3 rings (SSSR count). The highest BCUT2D eigenvalue weighted by atomic mass is 16.6. The molecular weight excluding hydrogens is 322 g/mol. The first-order valence-corrected chi connectivity index (χ1v) is 7.47. The summed E-state index contributed by atoms with van der Waals surface area (Å²) in [4.78, 5) is 12.2. The van der Waals surface area contributed by atoms with Crippen LogP contribution in [0.3, 0.4) is 0 Å². The van der Waals surface area contributed by atoms with Gasteiger partial charge in [0.15, 0.2) is 11.5 Å². The van der Waals surface area contributed by atoms with Gasteiger partial charge in [-0.1, -0.05) is 53.7 Å². The summed E-state index contributed by atoms with van der Waals surface area (Å²) in [7, 11) is 0. The molecule has 1 amide bonds. The van der Waals surface area contributed by atoms with Crippen LogP contribution in [-0.4, -0.2) is 27.3 Å². The monoisotopic (exact) mass is 337 g/mol. The third kappa shape index (κ3) is 3.99. The largest absolute Gasteiger partial charge is 0.409 e. The van der Waals surface area contributed by atoms with Crippen LogP contribution in [0.4, 0.5) is 5.82 Å². The molecule has 0 aliphatic heterocycles. The van der Waals surface area contributed by atoms with Gasteiger partial charge in [-0.25, -0.2) is 4.63 Å². The molecular formula is C17H15N5O3. The minimum absolute atomic E-state index is 0.0356. The lowest BCUT2D eigenvalue weighted by molar-refractivity contribution is 0.102. The quantitative estimate of drug-likeness (QED) is 0.285. The lowest BCUT2D eigenvalue weighted by atomic mass is 10.2. The number of benzene rings is 2. The summed E-state index contributed by atoms with van der Waals surface area (Å²) in [6.45, 7) is 0.402. The molecule has 0 atom stereocenters. The maximum atomic E-state index is 12.2. The third-order valence-corrected chi connectivity index (χ3v) is 3.38. The number of carbonyl (C=O) groups is 1. The van der Waals surface area contributed by atoms with Crippen LogP contribution in [0.1, 0.15) is 21.6 Å². The maximum Gasteiger partial charge on any atom is 0.256 e. The first-order chi connectivity index (χ1) is 12.3. The summed E-state index contributed by atoms with van der Waals surface area (Å²) >= 11 is 0. The van der Waals surface area contributed by atoms with E-state index in [9.17, 15) is 10.0 Å². The van der Waals surface area contributed by atoms with Crippen molar-refractivity contribution in [2.45, 2.75) is 6.54 Å². The van der Waals surface area contributed by atoms with Gasteiger partial charge in [0.25, 0.3) is 5.91 Å². The fourth-order valence-corrected chi connectivity index (χ4v) is 2.14. The molecule has 0 radical (unpaired) electrons. The zero-order valence-electron chi connectivity index (χ0n) is 13.1. The number of anilines is 1. The van der Waals surface area contributed by atoms with Crippen LogP contribution >= 0.6 is 0 Å². The highest BCUT2D eigenvalue weighted by Crippen LogP contribution is 2.12. The van der Waals surface area contributed by atoms with Gasteiger partial charge >= 0.3 is 0 Å². The second kappa shape index (κ2) is 7.73. The topological polar surface area (TPSA) is 113 Å². The SMILES string of the molecule is O=C(Nc1nonc1/C(=N\O)NCc1ccccc1)c1ccccc1. The Bertz CT molecular complexity index is 862. The van der Waals surface area contributed by atoms with Gasteiger partial charge in [-0.05, 0) is 28.0 Å². The summed E-state index contributed by atoms with van der Waals surface area (Å²) in [5.74, 6) is -0.284. The predicted molar refractivity (Wildman–Crippen MR) is 90.3 cm³/mol. The molecule has 8 heteroatoms. The van der Waals surface area contributed by atoms with Crippen molar-refractivity contribution >= 4 is 17.6 Å². The van der Waals surface area contributed by atoms with Crippen LogP contribution in [-0.2, 0) is 6.54 Å². The lowest BCUT2D eigenvalue weighted by Gasteiger charge is -2.07. The summed E-state index contributed by atoms with van der Waals surface area (Å²) in [5.41, 5.74) is 1.54. The molecule has 1 aromatic heterocycles. The molecule has 0 aliphatic rings. The fourth-order valence-electron chi connectivity index (χ4n) is 2.14. The number of aromatic nitrogens is 2. The summed E-state index contributed by atoms with van der Waals surface area (Å²) in [6.07, 6.45) is 0. The van der Waals surface area contributed by atoms with Gasteiger partial charge in [0.05, 0.1) is 0 Å². The highest BCUT2D eigenvalue weighted by molar-refractivity contribution is 6.08. The van der Waals surface area contributed by atoms with E-state index < -0.39 is 0 Å². The smallest absolute Gasteiger partial charge is 0.256 e. The van der Waals surface area contributed by atoms with Crippen molar-refractivity contribution in [2.75, 3.05) is 5.32 Å². The van der Waals surface area contributed by atoms with Gasteiger partial charge in [0.2, 0.25) is 5.82 Å². The Labute approximate surface area is 143 Å². The Morgan fingerprint density at radius 2 is 1.72 bits per heavy atom. The van der Waals surface area contributed by atoms with Gasteiger partial charge in [-0.15, -0.1) is 0 Å². The van der Waals surface area contributed by atoms with Gasteiger partial charge in [-0.2, -0.15) is 0 Å². The van der Waals surface area contributed by atoms with Crippen LogP contribution < -0.4 is 10.6 Å². The van der Waals surface area contributed by atoms with E-state index in [1.807, 2.05) is 36.4 Å². The first kappa shape index (κ1) is 16.2. The molecule has 3 N–H and O–H groups in total. The first-order valence-electron chi connectivity index (χ1n) is 7.47. The lowest BCUT2D eigenvalue weighted by Crippen LogP contribution is -2.26. The van der Waals surface area contributed by atoms with Crippen LogP contribution in [0.15, 0.2) is 70.4 Å². The number of amides is 1. The molecule has 0 saturated heterocycles. The van der Waals surface area contributed by atoms with E-state index in [1.165, 1.54) is 0 Å². The number of nitrogens with zero attached hydrogens (tertiary/aromatic N) is 3. The molecule has 1 heterocycles. The van der Waals surface area contributed by atoms with Crippen molar-refractivity contribution in [3.63, 3.8) is 0 Å². The number of rotatable bonds is 5. The third-order valence-electron chi connectivity index (χ3n) is 3.38. The predicted octanol–water partition coefficient (Wildman–Crippen LogP) is 2.25. The van der Waals surface area contributed by atoms with E-state index in [0.29, 0.717) is 12.1 Å². The van der Waals surface area contributed by atoms with E-state index in [1.54, 1.807) is 24.3 Å². The average molecular weight is 337 g/mol. The molecule has 0 spiro atoms. The maximum absolute atomic E-state index is 12.2. The minimum Gasteiger partial charge on any atom is -0.409 e. The number of oxime groups is 1. The van der Waals surface area contributed by atoms with E-state index in [0.717, 1.165) is 5.56 Å². The Morgan fingerprint density at radius 1 is 1.04 bits per heavy atom. The average Bonchev–Trinajstić information content (AvgIpc) is 3.12. The Morgan fingerprint density at radius 3 is 2.40 bits per heavy atom. The molecule has 0 saturated carbocycles. The van der Waals surface area contributed by atoms with Crippen LogP contribution in [0.2, 0.25) is 0 Å². The fraction of sp³-hybridized carbons (Fsp3) is 0.0588. The normalized spacial score (nSPS) is 11.1. The number of hydrogen-bond donors (Lipinski definition) is 3. The molecule has 0 unspecified atom stereocenters. The molecule has 0 aliphatic carbocycles. The summed E-state index contributed by atoms with van der Waals surface area (Å²) in [6, 6.07) is 18.2. The minimum atomic E-state index is -0.377. The number of amidine groups is 1. The van der Waals surface area contributed by atoms with Crippen molar-refractivity contribution in [1.82, 2.24) is 15.6 Å². The number of nitrogens with one attached hydrogen (secondary N) is 2. The van der Waals surface area contributed by atoms with Crippen molar-refractivity contribution in [1.29, 1.82) is 0 Å². The molecule has 25 heavy (non-hydrogen) atoms. The molecule has 126 valence electrons. The Kier molecular flexibility index (Phi) is 5.01. The zero-order chi connectivity index (χ0) is 17.5. The standard InChI is InChI=1S/C17H15N5O3/c23-17(13-9-5-2-6-10-13)19-16-14(21-25-22-16)15(20-24)18-11-12-7-3-1-4-8-12/h1-10,24H,11H2,(H,18,20)(H,19,22,23). The molecule has 8 nitrogen and oxygen atoms in total. The highest BCUT2D eigenvalue weighted by Gasteiger charge is 2.19. The van der Waals surface area contributed by atoms with Gasteiger partial charge < -0.3 is 15.8 Å². The second-order valence-corrected chi connectivity index (χ2v) is 5.07. The van der Waals surface area contributed by atoms with Crippen molar-refractivity contribution in [3.05, 3.63) is 77.5 Å². The van der Waals surface area contributed by atoms with Crippen LogP contribution in [0.5, 0.6) is 0 Å². The second-order valence-electron chi connectivity index (χ2n) is 5.07. The number of carbonyl (C=O) groups excluding carboxylic acids is 1. The van der Waals surface area contributed by atoms with Gasteiger partial charge in [0.1, 0.15) is 0 Å². The van der Waals surface area contributed by atoms with Crippen LogP contribution in [0.25, 0.3) is 0 Å². The summed E-state index contributed by atoms with van der Waals surface area (Å²) < 4.78 is 4.67. The molecule has 2 aromatic carbocycles. The van der Waals surface area contributed by atoms with Crippen molar-refractivity contribution in [2.24, 2.45) is 5.16 Å². The van der Waals surface area contributed by atoms with E-state index in [2.05, 4.69) is 30.7 Å². The van der Waals surface area contributed by atoms with Crippen molar-refractivity contribution < 1.29 is 14.6 Å².